The van der Waals surface area contributed by atoms with Crippen LogP contribution in [-0.4, -0.2) is 11.8 Å². The summed E-state index contributed by atoms with van der Waals surface area (Å²) < 4.78 is 5.71. The van der Waals surface area contributed by atoms with Crippen molar-refractivity contribution in [3.05, 3.63) is 89.4 Å². The summed E-state index contributed by atoms with van der Waals surface area (Å²) in [5, 5.41) is 5.84. The molecule has 0 aliphatic heterocycles. The summed E-state index contributed by atoms with van der Waals surface area (Å²) in [4.78, 5) is 24.0. The van der Waals surface area contributed by atoms with Crippen LogP contribution in [0.25, 0.3) is 0 Å². The highest BCUT2D eigenvalue weighted by atomic mass is 35.5. The number of carbonyl (C=O) groups is 2. The van der Waals surface area contributed by atoms with Crippen molar-refractivity contribution in [1.82, 2.24) is 0 Å². The van der Waals surface area contributed by atoms with Gasteiger partial charge in [0.05, 0.1) is 0 Å². The number of anilines is 2. The van der Waals surface area contributed by atoms with E-state index in [0.717, 1.165) is 5.56 Å². The maximum Gasteiger partial charge on any atom is 0.233 e. The number of ether oxygens (including phenoxy) is 1. The van der Waals surface area contributed by atoms with Crippen molar-refractivity contribution in [1.29, 1.82) is 0 Å². The molecule has 0 heterocycles. The van der Waals surface area contributed by atoms with Gasteiger partial charge in [-0.05, 0) is 48.0 Å². The fourth-order valence-corrected chi connectivity index (χ4v) is 2.69. The SMILES string of the molecule is O=C(CC(=O)Nc1cccc(Cl)c1)Nc1ccc(OCc2ccccc2)cc1. The van der Waals surface area contributed by atoms with E-state index in [1.54, 1.807) is 48.5 Å². The average molecular weight is 395 g/mol. The summed E-state index contributed by atoms with van der Waals surface area (Å²) in [6, 6.07) is 23.6. The standard InChI is InChI=1S/C22H19ClN2O3/c23-17-7-4-8-19(13-17)25-22(27)14-21(26)24-18-9-11-20(12-10-18)28-15-16-5-2-1-3-6-16/h1-13H,14-15H2,(H,24,26)(H,25,27). The predicted molar refractivity (Wildman–Crippen MR) is 111 cm³/mol. The van der Waals surface area contributed by atoms with E-state index in [-0.39, 0.29) is 6.42 Å². The van der Waals surface area contributed by atoms with Crippen molar-refractivity contribution in [3.8, 4) is 5.75 Å². The van der Waals surface area contributed by atoms with Crippen molar-refractivity contribution in [2.24, 2.45) is 0 Å². The first-order valence-electron chi connectivity index (χ1n) is 8.70. The minimum atomic E-state index is -0.414. The highest BCUT2D eigenvalue weighted by Gasteiger charge is 2.10. The summed E-state index contributed by atoms with van der Waals surface area (Å²) in [6.07, 6.45) is -0.293. The van der Waals surface area contributed by atoms with Crippen molar-refractivity contribution in [2.75, 3.05) is 10.6 Å². The number of halogens is 1. The Labute approximate surface area is 168 Å². The molecule has 0 unspecified atom stereocenters. The van der Waals surface area contributed by atoms with Gasteiger partial charge in [-0.25, -0.2) is 0 Å². The summed E-state index contributed by atoms with van der Waals surface area (Å²) >= 11 is 5.87. The van der Waals surface area contributed by atoms with E-state index < -0.39 is 11.8 Å². The van der Waals surface area contributed by atoms with Crippen LogP contribution in [0.5, 0.6) is 5.75 Å². The van der Waals surface area contributed by atoms with Crippen LogP contribution in [0, 0.1) is 0 Å². The number of carbonyl (C=O) groups excluding carboxylic acids is 2. The van der Waals surface area contributed by atoms with Crippen LogP contribution >= 0.6 is 11.6 Å². The van der Waals surface area contributed by atoms with Gasteiger partial charge in [-0.15, -0.1) is 0 Å². The van der Waals surface area contributed by atoms with Crippen molar-refractivity contribution in [2.45, 2.75) is 13.0 Å². The van der Waals surface area contributed by atoms with Crippen LogP contribution in [0.15, 0.2) is 78.9 Å². The number of rotatable bonds is 7. The molecule has 0 fully saturated rings. The molecule has 0 aliphatic carbocycles. The molecule has 0 saturated heterocycles. The molecule has 3 aromatic carbocycles. The number of hydrogen-bond donors (Lipinski definition) is 2. The van der Waals surface area contributed by atoms with Crippen LogP contribution in [0.3, 0.4) is 0 Å². The highest BCUT2D eigenvalue weighted by Crippen LogP contribution is 2.18. The molecule has 3 aromatic rings. The molecule has 2 N–H and O–H groups in total. The quantitative estimate of drug-likeness (QED) is 0.561. The van der Waals surface area contributed by atoms with Crippen LogP contribution in [0.4, 0.5) is 11.4 Å². The first-order valence-corrected chi connectivity index (χ1v) is 9.08. The molecule has 0 bridgehead atoms. The lowest BCUT2D eigenvalue weighted by atomic mass is 10.2. The van der Waals surface area contributed by atoms with Crippen LogP contribution in [0.2, 0.25) is 5.02 Å². The zero-order valence-corrected chi connectivity index (χ0v) is 15.8. The maximum absolute atomic E-state index is 12.0. The Morgan fingerprint density at radius 2 is 1.46 bits per heavy atom. The summed E-state index contributed by atoms with van der Waals surface area (Å²) in [5.41, 5.74) is 2.21. The van der Waals surface area contributed by atoms with Gasteiger partial charge >= 0.3 is 0 Å². The van der Waals surface area contributed by atoms with Gasteiger partial charge in [0.25, 0.3) is 0 Å². The lowest BCUT2D eigenvalue weighted by molar-refractivity contribution is -0.123. The predicted octanol–water partition coefficient (Wildman–Crippen LogP) is 4.89. The molecular weight excluding hydrogens is 376 g/mol. The second-order valence-electron chi connectivity index (χ2n) is 6.08. The van der Waals surface area contributed by atoms with Crippen molar-refractivity contribution in [3.63, 3.8) is 0 Å². The first-order chi connectivity index (χ1) is 13.6. The molecule has 28 heavy (non-hydrogen) atoms. The maximum atomic E-state index is 12.0. The van der Waals surface area contributed by atoms with E-state index in [2.05, 4.69) is 10.6 Å². The third kappa shape index (κ3) is 6.14. The molecule has 0 saturated carbocycles. The Bertz CT molecular complexity index is 944. The number of benzene rings is 3. The molecule has 6 heteroatoms. The molecule has 142 valence electrons. The fraction of sp³-hybridized carbons (Fsp3) is 0.0909. The van der Waals surface area contributed by atoms with E-state index in [9.17, 15) is 9.59 Å². The highest BCUT2D eigenvalue weighted by molar-refractivity contribution is 6.30. The van der Waals surface area contributed by atoms with E-state index >= 15 is 0 Å². The largest absolute Gasteiger partial charge is 0.489 e. The molecular formula is C22H19ClN2O3. The van der Waals surface area contributed by atoms with Crippen molar-refractivity contribution < 1.29 is 14.3 Å². The molecule has 5 nitrogen and oxygen atoms in total. The molecule has 0 spiro atoms. The second kappa shape index (κ2) is 9.58. The Morgan fingerprint density at radius 3 is 2.14 bits per heavy atom. The van der Waals surface area contributed by atoms with Gasteiger partial charge < -0.3 is 15.4 Å². The topological polar surface area (TPSA) is 67.4 Å². The zero-order chi connectivity index (χ0) is 19.8. The monoisotopic (exact) mass is 394 g/mol. The molecule has 0 atom stereocenters. The Morgan fingerprint density at radius 1 is 0.786 bits per heavy atom. The van der Waals surface area contributed by atoms with Crippen LogP contribution < -0.4 is 15.4 Å². The molecule has 0 aliphatic rings. The first kappa shape index (κ1) is 19.5. The summed E-state index contributed by atoms with van der Waals surface area (Å²) in [7, 11) is 0. The van der Waals surface area contributed by atoms with Crippen LogP contribution in [0.1, 0.15) is 12.0 Å². The fourth-order valence-electron chi connectivity index (χ4n) is 2.50. The number of nitrogens with one attached hydrogen (secondary N) is 2. The molecule has 0 aromatic heterocycles. The normalized spacial score (nSPS) is 10.2. The average Bonchev–Trinajstić information content (AvgIpc) is 2.68. The number of amides is 2. The lowest BCUT2D eigenvalue weighted by Crippen LogP contribution is -2.21. The molecule has 3 rings (SSSR count). The lowest BCUT2D eigenvalue weighted by Gasteiger charge is -2.09. The summed E-state index contributed by atoms with van der Waals surface area (Å²) in [6.45, 7) is 0.468. The van der Waals surface area contributed by atoms with E-state index in [0.29, 0.717) is 28.8 Å². The zero-order valence-electron chi connectivity index (χ0n) is 15.0. The third-order valence-corrected chi connectivity index (χ3v) is 4.05. The third-order valence-electron chi connectivity index (χ3n) is 3.82. The Kier molecular flexibility index (Phi) is 6.65. The smallest absolute Gasteiger partial charge is 0.233 e. The Hall–Kier alpha value is -3.31. The van der Waals surface area contributed by atoms with E-state index in [1.165, 1.54) is 0 Å². The molecule has 0 radical (unpaired) electrons. The number of hydrogen-bond acceptors (Lipinski definition) is 3. The second-order valence-corrected chi connectivity index (χ2v) is 6.52. The van der Waals surface area contributed by atoms with E-state index in [1.807, 2.05) is 30.3 Å². The minimum absolute atomic E-state index is 0.293. The molecule has 2 amide bonds. The van der Waals surface area contributed by atoms with Crippen molar-refractivity contribution >= 4 is 34.8 Å². The minimum Gasteiger partial charge on any atom is -0.489 e. The van der Waals surface area contributed by atoms with Gasteiger partial charge in [-0.2, -0.15) is 0 Å². The van der Waals surface area contributed by atoms with Gasteiger partial charge in [0, 0.05) is 16.4 Å². The van der Waals surface area contributed by atoms with Crippen LogP contribution in [-0.2, 0) is 16.2 Å². The Balaban J connectivity index is 1.46. The van der Waals surface area contributed by atoms with Gasteiger partial charge in [-0.1, -0.05) is 48.0 Å². The van der Waals surface area contributed by atoms with Gasteiger partial charge in [0.15, 0.2) is 0 Å². The van der Waals surface area contributed by atoms with Gasteiger partial charge in [0.1, 0.15) is 18.8 Å². The van der Waals surface area contributed by atoms with Gasteiger partial charge in [-0.3, -0.25) is 9.59 Å². The van der Waals surface area contributed by atoms with E-state index in [4.69, 9.17) is 16.3 Å². The summed E-state index contributed by atoms with van der Waals surface area (Å²) in [5.74, 6) is -0.124. The van der Waals surface area contributed by atoms with Gasteiger partial charge in [0.2, 0.25) is 11.8 Å².